The number of carbonyl (C=O) groups is 1. The Morgan fingerprint density at radius 1 is 1.38 bits per heavy atom. The number of carboxylic acids is 1. The smallest absolute Gasteiger partial charge is 0.307 e. The van der Waals surface area contributed by atoms with E-state index in [-0.39, 0.29) is 19.9 Å². The van der Waals surface area contributed by atoms with Crippen LogP contribution in [-0.4, -0.2) is 18.2 Å². The molecule has 72 valence electrons. The van der Waals surface area contributed by atoms with E-state index in [2.05, 4.69) is 0 Å². The number of carboxylic acid groups (broad SMARTS) is 1. The van der Waals surface area contributed by atoms with Crippen molar-refractivity contribution in [2.24, 2.45) is 0 Å². The molecule has 1 aromatic carbocycles. The van der Waals surface area contributed by atoms with Crippen molar-refractivity contribution in [3.05, 3.63) is 29.8 Å². The lowest BCUT2D eigenvalue weighted by Crippen LogP contribution is -1.99. The minimum atomic E-state index is -0.819. The minimum absolute atomic E-state index is 0. The van der Waals surface area contributed by atoms with Crippen LogP contribution in [0.2, 0.25) is 0 Å². The third-order valence-electron chi connectivity index (χ3n) is 1.51. The zero-order valence-corrected chi connectivity index (χ0v) is 8.28. The Hall–Kier alpha value is -1.16. The molecule has 0 atom stereocenters. The highest BCUT2D eigenvalue weighted by atomic mass is 32.1. The summed E-state index contributed by atoms with van der Waals surface area (Å²) in [5.74, 6) is -0.0793. The van der Waals surface area contributed by atoms with E-state index in [1.165, 1.54) is 0 Å². The average molecular weight is 200 g/mol. The first-order valence-corrected chi connectivity index (χ1v) is 3.57. The van der Waals surface area contributed by atoms with E-state index in [9.17, 15) is 4.79 Å². The molecular weight excluding hydrogens is 188 g/mol. The van der Waals surface area contributed by atoms with E-state index in [4.69, 9.17) is 9.84 Å². The second-order valence-corrected chi connectivity index (χ2v) is 2.42. The summed E-state index contributed by atoms with van der Waals surface area (Å²) in [5, 5.41) is 8.46. The van der Waals surface area contributed by atoms with Crippen LogP contribution in [-0.2, 0) is 11.2 Å². The Balaban J connectivity index is 0.00000144. The monoisotopic (exact) mass is 200 g/mol. The van der Waals surface area contributed by atoms with Crippen LogP contribution in [0.3, 0.4) is 0 Å². The zero-order valence-electron chi connectivity index (χ0n) is 7.28. The van der Waals surface area contributed by atoms with Gasteiger partial charge in [0.05, 0.1) is 13.5 Å². The van der Waals surface area contributed by atoms with Gasteiger partial charge in [0.2, 0.25) is 0 Å². The summed E-state index contributed by atoms with van der Waals surface area (Å²) in [4.78, 5) is 10.3. The third-order valence-corrected chi connectivity index (χ3v) is 1.51. The second kappa shape index (κ2) is 5.48. The quantitative estimate of drug-likeness (QED) is 0.803. The van der Waals surface area contributed by atoms with Gasteiger partial charge >= 0.3 is 5.97 Å². The summed E-state index contributed by atoms with van der Waals surface area (Å²) < 4.78 is 4.93. The van der Waals surface area contributed by atoms with Crippen LogP contribution in [0.1, 0.15) is 5.56 Å². The summed E-state index contributed by atoms with van der Waals surface area (Å²) in [5.41, 5.74) is 0.781. The van der Waals surface area contributed by atoms with Gasteiger partial charge in [-0.05, 0) is 17.7 Å². The fourth-order valence-electron chi connectivity index (χ4n) is 0.918. The van der Waals surface area contributed by atoms with Crippen molar-refractivity contribution in [1.29, 1.82) is 0 Å². The van der Waals surface area contributed by atoms with Gasteiger partial charge in [0.15, 0.2) is 0 Å². The molecule has 3 nitrogen and oxygen atoms in total. The van der Waals surface area contributed by atoms with Crippen molar-refractivity contribution in [3.63, 3.8) is 0 Å². The van der Waals surface area contributed by atoms with Crippen molar-refractivity contribution in [2.75, 3.05) is 7.11 Å². The topological polar surface area (TPSA) is 46.5 Å². The van der Waals surface area contributed by atoms with E-state index < -0.39 is 5.97 Å². The van der Waals surface area contributed by atoms with Gasteiger partial charge in [-0.25, -0.2) is 0 Å². The minimum Gasteiger partial charge on any atom is -0.497 e. The average Bonchev–Trinajstić information content (AvgIpc) is 2.05. The highest BCUT2D eigenvalue weighted by Gasteiger charge is 1.99. The lowest BCUT2D eigenvalue weighted by molar-refractivity contribution is -0.136. The van der Waals surface area contributed by atoms with Crippen LogP contribution in [0.4, 0.5) is 0 Å². The number of ether oxygens (including phenoxy) is 1. The number of aliphatic carboxylic acids is 1. The molecule has 1 rings (SSSR count). The Kier molecular flexibility index (Phi) is 4.99. The van der Waals surface area contributed by atoms with Gasteiger partial charge < -0.3 is 9.84 Å². The van der Waals surface area contributed by atoms with E-state index >= 15 is 0 Å². The summed E-state index contributed by atoms with van der Waals surface area (Å²) in [6.45, 7) is 0. The molecule has 0 saturated heterocycles. The summed E-state index contributed by atoms with van der Waals surface area (Å²) in [6, 6.07) is 6.98. The molecule has 1 N–H and O–H groups in total. The molecule has 0 heterocycles. The van der Waals surface area contributed by atoms with Crippen LogP contribution >= 0.6 is 13.5 Å². The second-order valence-electron chi connectivity index (χ2n) is 2.42. The van der Waals surface area contributed by atoms with E-state index in [0.29, 0.717) is 0 Å². The summed E-state index contributed by atoms with van der Waals surface area (Å²) in [6.07, 6.45) is 0.0595. The van der Waals surface area contributed by atoms with Crippen LogP contribution < -0.4 is 4.74 Å². The molecule has 0 unspecified atom stereocenters. The Labute approximate surface area is 83.8 Å². The molecule has 0 saturated carbocycles. The fraction of sp³-hybridized carbons (Fsp3) is 0.222. The first-order valence-electron chi connectivity index (χ1n) is 3.57. The maximum Gasteiger partial charge on any atom is 0.307 e. The first kappa shape index (κ1) is 11.8. The standard InChI is InChI=1S/C9H10O3.H2S/c1-12-8-4-2-7(3-5-8)6-9(10)11;/h2-5H,6H2,1H3,(H,10,11);1H2. The van der Waals surface area contributed by atoms with Gasteiger partial charge in [-0.1, -0.05) is 12.1 Å². The molecule has 0 bridgehead atoms. The Bertz CT molecular complexity index is 269. The number of rotatable bonds is 3. The SMILES string of the molecule is COc1ccc(CC(=O)O)cc1.S. The number of hydrogen-bond acceptors (Lipinski definition) is 2. The fourth-order valence-corrected chi connectivity index (χ4v) is 0.918. The maximum atomic E-state index is 10.3. The first-order chi connectivity index (χ1) is 5.72. The molecule has 0 aliphatic heterocycles. The van der Waals surface area contributed by atoms with Crippen LogP contribution in [0, 0.1) is 0 Å². The molecule has 0 aliphatic rings. The van der Waals surface area contributed by atoms with Crippen LogP contribution in [0.5, 0.6) is 5.75 Å². The van der Waals surface area contributed by atoms with Gasteiger partial charge in [0.25, 0.3) is 0 Å². The van der Waals surface area contributed by atoms with Crippen molar-refractivity contribution in [1.82, 2.24) is 0 Å². The van der Waals surface area contributed by atoms with Gasteiger partial charge in [-0.15, -0.1) is 0 Å². The molecule has 4 heteroatoms. The number of hydrogen-bond donors (Lipinski definition) is 1. The van der Waals surface area contributed by atoms with Crippen LogP contribution in [0.25, 0.3) is 0 Å². The van der Waals surface area contributed by atoms with E-state index in [1.54, 1.807) is 31.4 Å². The van der Waals surface area contributed by atoms with Crippen molar-refractivity contribution in [3.8, 4) is 5.75 Å². The van der Waals surface area contributed by atoms with E-state index in [1.807, 2.05) is 0 Å². The molecule has 1 aromatic rings. The van der Waals surface area contributed by atoms with Gasteiger partial charge in [0.1, 0.15) is 5.75 Å². The largest absolute Gasteiger partial charge is 0.497 e. The molecule has 0 aliphatic carbocycles. The molecular formula is C9H12O3S. The molecule has 0 aromatic heterocycles. The summed E-state index contributed by atoms with van der Waals surface area (Å²) >= 11 is 0. The maximum absolute atomic E-state index is 10.3. The van der Waals surface area contributed by atoms with Crippen LogP contribution in [0.15, 0.2) is 24.3 Å². The van der Waals surface area contributed by atoms with Gasteiger partial charge in [-0.2, -0.15) is 13.5 Å². The predicted molar refractivity (Wildman–Crippen MR) is 54.7 cm³/mol. The zero-order chi connectivity index (χ0) is 8.97. The highest BCUT2D eigenvalue weighted by Crippen LogP contribution is 2.11. The highest BCUT2D eigenvalue weighted by molar-refractivity contribution is 7.59. The van der Waals surface area contributed by atoms with Crippen molar-refractivity contribution < 1.29 is 14.6 Å². The molecule has 0 spiro atoms. The Morgan fingerprint density at radius 2 is 1.92 bits per heavy atom. The van der Waals surface area contributed by atoms with Gasteiger partial charge in [0, 0.05) is 0 Å². The number of benzene rings is 1. The van der Waals surface area contributed by atoms with Crippen molar-refractivity contribution >= 4 is 19.5 Å². The number of methoxy groups -OCH3 is 1. The van der Waals surface area contributed by atoms with E-state index in [0.717, 1.165) is 11.3 Å². The van der Waals surface area contributed by atoms with Gasteiger partial charge in [-0.3, -0.25) is 4.79 Å². The third kappa shape index (κ3) is 3.85. The van der Waals surface area contributed by atoms with Crippen molar-refractivity contribution in [2.45, 2.75) is 6.42 Å². The molecule has 0 radical (unpaired) electrons. The lowest BCUT2D eigenvalue weighted by atomic mass is 10.1. The molecule has 13 heavy (non-hydrogen) atoms. The normalized spacial score (nSPS) is 8.69. The summed E-state index contributed by atoms with van der Waals surface area (Å²) in [7, 11) is 1.58. The molecule has 0 amide bonds. The predicted octanol–water partition coefficient (Wildman–Crippen LogP) is 1.44. The lowest BCUT2D eigenvalue weighted by Gasteiger charge is -1.99. The molecule has 0 fully saturated rings. The Morgan fingerprint density at radius 3 is 2.31 bits per heavy atom.